The number of hydrogen-bond donors (Lipinski definition) is 0. The molecule has 0 aromatic carbocycles. The molecule has 0 atom stereocenters. The van der Waals surface area contributed by atoms with E-state index >= 15 is 0 Å². The van der Waals surface area contributed by atoms with Crippen LogP contribution in [0.3, 0.4) is 0 Å². The van der Waals surface area contributed by atoms with Gasteiger partial charge in [0.1, 0.15) is 0 Å². The van der Waals surface area contributed by atoms with Crippen molar-refractivity contribution in [2.45, 2.75) is 19.8 Å². The first-order chi connectivity index (χ1) is 3.80. The lowest BCUT2D eigenvalue weighted by atomic mass is 10.1. The Bertz CT molecular complexity index is 142. The average molecular weight is 220 g/mol. The van der Waals surface area contributed by atoms with E-state index in [2.05, 4.69) is 41.7 Å². The van der Waals surface area contributed by atoms with Crippen LogP contribution in [-0.4, -0.2) is 0 Å². The fraction of sp³-hybridized carbons (Fsp3) is 0.429. The van der Waals surface area contributed by atoms with Crippen LogP contribution in [0.25, 0.3) is 0 Å². The Kier molecular flexibility index (Phi) is 2.11. The predicted molar refractivity (Wildman–Crippen MR) is 45.1 cm³/mol. The monoisotopic (exact) mass is 220 g/mol. The molecule has 1 heteroatoms. The van der Waals surface area contributed by atoms with Crippen molar-refractivity contribution >= 4 is 22.6 Å². The fourth-order valence-corrected chi connectivity index (χ4v) is 1.27. The molecular formula is C7H9I. The number of hydrogen-bond acceptors (Lipinski definition) is 0. The Morgan fingerprint density at radius 2 is 2.38 bits per heavy atom. The van der Waals surface area contributed by atoms with Crippen molar-refractivity contribution in [3.63, 3.8) is 0 Å². The van der Waals surface area contributed by atoms with Gasteiger partial charge in [0.05, 0.1) is 0 Å². The molecule has 0 radical (unpaired) electrons. The highest BCUT2D eigenvalue weighted by atomic mass is 127. The van der Waals surface area contributed by atoms with Crippen molar-refractivity contribution < 1.29 is 0 Å². The summed E-state index contributed by atoms with van der Waals surface area (Å²) in [6.45, 7) is 2.20. The normalized spacial score (nSPS) is 19.8. The molecular weight excluding hydrogens is 211 g/mol. The van der Waals surface area contributed by atoms with Crippen LogP contribution in [-0.2, 0) is 0 Å². The van der Waals surface area contributed by atoms with Crippen molar-refractivity contribution in [3.8, 4) is 0 Å². The molecule has 0 aliphatic heterocycles. The standard InChI is InChI=1S/C7H9I/c1-6-4-2-3-5-7(6)8/h3,5H,2,4H2,1H3. The van der Waals surface area contributed by atoms with Gasteiger partial charge in [-0.3, -0.25) is 0 Å². The molecule has 0 spiro atoms. The van der Waals surface area contributed by atoms with E-state index in [1.165, 1.54) is 22.0 Å². The lowest BCUT2D eigenvalue weighted by Crippen LogP contribution is -1.83. The number of allylic oxidation sites excluding steroid dienone is 4. The van der Waals surface area contributed by atoms with E-state index in [0.29, 0.717) is 0 Å². The van der Waals surface area contributed by atoms with Crippen molar-refractivity contribution in [3.05, 3.63) is 21.3 Å². The van der Waals surface area contributed by atoms with Gasteiger partial charge in [0, 0.05) is 3.58 Å². The maximum absolute atomic E-state index is 2.38. The van der Waals surface area contributed by atoms with Crippen LogP contribution >= 0.6 is 22.6 Å². The first-order valence-corrected chi connectivity index (χ1v) is 3.90. The van der Waals surface area contributed by atoms with Gasteiger partial charge in [0.15, 0.2) is 0 Å². The third-order valence-corrected chi connectivity index (χ3v) is 2.64. The van der Waals surface area contributed by atoms with Crippen LogP contribution in [0.1, 0.15) is 19.8 Å². The van der Waals surface area contributed by atoms with Crippen LogP contribution in [0.2, 0.25) is 0 Å². The summed E-state index contributed by atoms with van der Waals surface area (Å²) >= 11 is 2.38. The lowest BCUT2D eigenvalue weighted by Gasteiger charge is -2.04. The quantitative estimate of drug-likeness (QED) is 0.550. The first kappa shape index (κ1) is 6.33. The summed E-state index contributed by atoms with van der Waals surface area (Å²) < 4.78 is 1.42. The molecule has 0 amide bonds. The smallest absolute Gasteiger partial charge is 0.0116 e. The van der Waals surface area contributed by atoms with E-state index in [0.717, 1.165) is 0 Å². The highest BCUT2D eigenvalue weighted by Gasteiger charge is 1.97. The van der Waals surface area contributed by atoms with Crippen molar-refractivity contribution in [1.82, 2.24) is 0 Å². The SMILES string of the molecule is CC1=C(I)C=CCC1. The maximum atomic E-state index is 2.38. The van der Waals surface area contributed by atoms with Crippen LogP contribution in [0.15, 0.2) is 21.3 Å². The third kappa shape index (κ3) is 1.34. The Morgan fingerprint density at radius 1 is 1.62 bits per heavy atom. The topological polar surface area (TPSA) is 0 Å². The van der Waals surface area contributed by atoms with Crippen LogP contribution in [0.5, 0.6) is 0 Å². The minimum absolute atomic E-state index is 1.23. The van der Waals surface area contributed by atoms with Gasteiger partial charge in [-0.25, -0.2) is 0 Å². The van der Waals surface area contributed by atoms with Gasteiger partial charge >= 0.3 is 0 Å². The second kappa shape index (κ2) is 2.67. The highest BCUT2D eigenvalue weighted by molar-refractivity contribution is 14.1. The summed E-state index contributed by atoms with van der Waals surface area (Å²) in [6.07, 6.45) is 6.92. The van der Waals surface area contributed by atoms with Crippen molar-refractivity contribution in [2.75, 3.05) is 0 Å². The maximum Gasteiger partial charge on any atom is 0.0116 e. The van der Waals surface area contributed by atoms with Gasteiger partial charge < -0.3 is 0 Å². The molecule has 1 aliphatic rings. The third-order valence-electron chi connectivity index (χ3n) is 1.36. The van der Waals surface area contributed by atoms with E-state index in [-0.39, 0.29) is 0 Å². The van der Waals surface area contributed by atoms with Crippen molar-refractivity contribution in [2.24, 2.45) is 0 Å². The predicted octanol–water partition coefficient (Wildman–Crippen LogP) is 3.05. The highest BCUT2D eigenvalue weighted by Crippen LogP contribution is 2.22. The number of halogens is 1. The van der Waals surface area contributed by atoms with Crippen LogP contribution < -0.4 is 0 Å². The van der Waals surface area contributed by atoms with E-state index < -0.39 is 0 Å². The van der Waals surface area contributed by atoms with Gasteiger partial charge in [-0.2, -0.15) is 0 Å². The molecule has 8 heavy (non-hydrogen) atoms. The van der Waals surface area contributed by atoms with Gasteiger partial charge in [0.2, 0.25) is 0 Å². The van der Waals surface area contributed by atoms with Gasteiger partial charge in [-0.1, -0.05) is 17.7 Å². The van der Waals surface area contributed by atoms with Gasteiger partial charge in [-0.05, 0) is 42.4 Å². The minimum Gasteiger partial charge on any atom is -0.0832 e. The molecule has 0 bridgehead atoms. The lowest BCUT2D eigenvalue weighted by molar-refractivity contribution is 0.960. The fourth-order valence-electron chi connectivity index (χ4n) is 0.748. The molecule has 0 unspecified atom stereocenters. The van der Waals surface area contributed by atoms with Crippen molar-refractivity contribution in [1.29, 1.82) is 0 Å². The molecule has 0 fully saturated rings. The molecule has 0 N–H and O–H groups in total. The summed E-state index contributed by atoms with van der Waals surface area (Å²) in [5.74, 6) is 0. The van der Waals surface area contributed by atoms with E-state index in [4.69, 9.17) is 0 Å². The molecule has 0 heterocycles. The van der Waals surface area contributed by atoms with E-state index in [9.17, 15) is 0 Å². The zero-order valence-electron chi connectivity index (χ0n) is 4.95. The zero-order valence-corrected chi connectivity index (χ0v) is 7.10. The minimum atomic E-state index is 1.23. The molecule has 0 aromatic heterocycles. The summed E-state index contributed by atoms with van der Waals surface area (Å²) in [7, 11) is 0. The zero-order chi connectivity index (χ0) is 5.98. The van der Waals surface area contributed by atoms with Crippen LogP contribution in [0, 0.1) is 0 Å². The Balaban J connectivity index is 2.76. The molecule has 0 aromatic rings. The van der Waals surface area contributed by atoms with Gasteiger partial charge in [0.25, 0.3) is 0 Å². The van der Waals surface area contributed by atoms with E-state index in [1.807, 2.05) is 0 Å². The number of rotatable bonds is 0. The molecule has 0 nitrogen and oxygen atoms in total. The second-order valence-electron chi connectivity index (χ2n) is 2.07. The molecule has 0 saturated heterocycles. The summed E-state index contributed by atoms with van der Waals surface area (Å²) in [6, 6.07) is 0. The van der Waals surface area contributed by atoms with Crippen LogP contribution in [0.4, 0.5) is 0 Å². The molecule has 1 rings (SSSR count). The molecule has 0 saturated carbocycles. The Morgan fingerprint density at radius 3 is 2.75 bits per heavy atom. The largest absolute Gasteiger partial charge is 0.0832 e. The van der Waals surface area contributed by atoms with E-state index in [1.54, 1.807) is 0 Å². The van der Waals surface area contributed by atoms with Gasteiger partial charge in [-0.15, -0.1) is 0 Å². The molecule has 44 valence electrons. The summed E-state index contributed by atoms with van der Waals surface area (Å²) in [4.78, 5) is 0. The second-order valence-corrected chi connectivity index (χ2v) is 3.23. The Hall–Kier alpha value is 0.210. The average Bonchev–Trinajstić information content (AvgIpc) is 1.77. The first-order valence-electron chi connectivity index (χ1n) is 2.82. The summed E-state index contributed by atoms with van der Waals surface area (Å²) in [5.41, 5.74) is 1.54. The Labute approximate surface area is 63.8 Å². The summed E-state index contributed by atoms with van der Waals surface area (Å²) in [5, 5.41) is 0. The molecule has 1 aliphatic carbocycles.